The monoisotopic (exact) mass is 276 g/mol. The van der Waals surface area contributed by atoms with Gasteiger partial charge in [0.15, 0.2) is 0 Å². The molecule has 0 N–H and O–H groups in total. The van der Waals surface area contributed by atoms with E-state index in [1.807, 2.05) is 12.1 Å². The first kappa shape index (κ1) is 11.2. The van der Waals surface area contributed by atoms with E-state index in [-0.39, 0.29) is 0 Å². The number of hydrogen-bond donors (Lipinski definition) is 0. The fraction of sp³-hybridized carbons (Fsp3) is 0.143. The Morgan fingerprint density at radius 1 is 1.19 bits per heavy atom. The van der Waals surface area contributed by atoms with Crippen LogP contribution in [0, 0.1) is 6.92 Å². The number of halogens is 1. The van der Waals surface area contributed by atoms with Gasteiger partial charge in [0.25, 0.3) is 0 Å². The van der Waals surface area contributed by atoms with E-state index in [1.54, 1.807) is 0 Å². The Morgan fingerprint density at radius 3 is 2.50 bits per heavy atom. The highest BCUT2D eigenvalue weighted by atomic mass is 79.9. The van der Waals surface area contributed by atoms with Gasteiger partial charge in [-0.1, -0.05) is 52.3 Å². The maximum Gasteiger partial charge on any atom is 0.134 e. The molecule has 1 aromatic heterocycles. The molecular weight excluding hydrogens is 264 g/mol. The van der Waals surface area contributed by atoms with Gasteiger partial charge in [-0.2, -0.15) is 0 Å². The zero-order valence-corrected chi connectivity index (χ0v) is 10.8. The maximum atomic E-state index is 5.73. The average Bonchev–Trinajstić information content (AvgIpc) is 2.78. The third kappa shape index (κ3) is 2.27. The Balaban J connectivity index is 2.31. The van der Waals surface area contributed by atoms with Gasteiger partial charge >= 0.3 is 0 Å². The summed E-state index contributed by atoms with van der Waals surface area (Å²) in [5, 5.41) is 0.730. The van der Waals surface area contributed by atoms with Crippen LogP contribution in [0.25, 0.3) is 16.9 Å². The van der Waals surface area contributed by atoms with Crippen LogP contribution < -0.4 is 0 Å². The smallest absolute Gasteiger partial charge is 0.134 e. The molecule has 0 radical (unpaired) electrons. The molecule has 0 saturated heterocycles. The minimum Gasteiger partial charge on any atom is -0.456 e. The summed E-state index contributed by atoms with van der Waals surface area (Å²) in [6, 6.07) is 12.2. The molecule has 1 heterocycles. The van der Waals surface area contributed by atoms with Crippen LogP contribution in [-0.4, -0.2) is 5.33 Å². The summed E-state index contributed by atoms with van der Waals surface area (Å²) >= 11 is 3.37. The highest BCUT2D eigenvalue weighted by molar-refractivity contribution is 9.09. The molecule has 0 saturated carbocycles. The minimum atomic E-state index is 0.730. The molecule has 0 unspecified atom stereocenters. The van der Waals surface area contributed by atoms with Crippen LogP contribution in [0.5, 0.6) is 0 Å². The average molecular weight is 277 g/mol. The van der Waals surface area contributed by atoms with Crippen molar-refractivity contribution in [3.05, 3.63) is 54.3 Å². The summed E-state index contributed by atoms with van der Waals surface area (Å²) in [6.45, 7) is 6.00. The summed E-state index contributed by atoms with van der Waals surface area (Å²) in [5.41, 5.74) is 3.30. The Kier molecular flexibility index (Phi) is 3.30. The van der Waals surface area contributed by atoms with Gasteiger partial charge < -0.3 is 4.42 Å². The number of hydrogen-bond acceptors (Lipinski definition) is 1. The number of rotatable bonds is 3. The molecule has 0 aliphatic heterocycles. The summed E-state index contributed by atoms with van der Waals surface area (Å²) < 4.78 is 5.73. The van der Waals surface area contributed by atoms with E-state index in [1.165, 1.54) is 5.56 Å². The van der Waals surface area contributed by atoms with Crippen LogP contribution in [0.4, 0.5) is 0 Å². The number of allylic oxidation sites excluding steroid dienone is 1. The molecule has 0 aliphatic rings. The molecule has 0 amide bonds. The second-order valence-electron chi connectivity index (χ2n) is 3.77. The zero-order chi connectivity index (χ0) is 11.5. The fourth-order valence-electron chi connectivity index (χ4n) is 1.47. The predicted octanol–water partition coefficient (Wildman–Crippen LogP) is 4.66. The normalized spacial score (nSPS) is 10.4. The van der Waals surface area contributed by atoms with Crippen molar-refractivity contribution in [1.82, 2.24) is 0 Å². The van der Waals surface area contributed by atoms with E-state index in [0.29, 0.717) is 0 Å². The quantitative estimate of drug-likeness (QED) is 0.743. The van der Waals surface area contributed by atoms with Gasteiger partial charge in [0.1, 0.15) is 11.5 Å². The van der Waals surface area contributed by atoms with Crippen molar-refractivity contribution in [3.8, 4) is 11.3 Å². The van der Waals surface area contributed by atoms with Crippen LogP contribution in [0.15, 0.2) is 47.4 Å². The molecule has 2 rings (SSSR count). The van der Waals surface area contributed by atoms with Crippen molar-refractivity contribution in [3.63, 3.8) is 0 Å². The van der Waals surface area contributed by atoms with E-state index in [0.717, 1.165) is 28.0 Å². The highest BCUT2D eigenvalue weighted by Crippen LogP contribution is 2.26. The van der Waals surface area contributed by atoms with Crippen molar-refractivity contribution in [2.24, 2.45) is 0 Å². The summed E-state index contributed by atoms with van der Waals surface area (Å²) in [4.78, 5) is 0. The molecule has 2 heteroatoms. The van der Waals surface area contributed by atoms with Gasteiger partial charge in [-0.15, -0.1) is 0 Å². The van der Waals surface area contributed by atoms with Crippen LogP contribution in [0.2, 0.25) is 0 Å². The highest BCUT2D eigenvalue weighted by Gasteiger charge is 2.06. The lowest BCUT2D eigenvalue weighted by Crippen LogP contribution is -1.78. The van der Waals surface area contributed by atoms with E-state index >= 15 is 0 Å². The Hall–Kier alpha value is -1.28. The van der Waals surface area contributed by atoms with E-state index in [9.17, 15) is 0 Å². The third-order valence-corrected chi connectivity index (χ3v) is 3.13. The molecule has 2 aromatic rings. The molecule has 0 spiro atoms. The second-order valence-corrected chi connectivity index (χ2v) is 4.33. The Morgan fingerprint density at radius 2 is 1.88 bits per heavy atom. The van der Waals surface area contributed by atoms with E-state index < -0.39 is 0 Å². The minimum absolute atomic E-state index is 0.730. The maximum absolute atomic E-state index is 5.73. The van der Waals surface area contributed by atoms with Gasteiger partial charge in [-0.05, 0) is 24.6 Å². The Labute approximate surface area is 104 Å². The standard InChI is InChI=1S/C14H13BrO/c1-10-3-5-12(6-4-10)14-8-7-13(16-14)11(2)9-15/h3-8H,2,9H2,1H3. The largest absolute Gasteiger partial charge is 0.456 e. The first-order valence-electron chi connectivity index (χ1n) is 5.11. The lowest BCUT2D eigenvalue weighted by atomic mass is 10.1. The van der Waals surface area contributed by atoms with Gasteiger partial charge in [0, 0.05) is 10.9 Å². The molecule has 1 nitrogen and oxygen atoms in total. The molecule has 1 aromatic carbocycles. The molecule has 0 fully saturated rings. The SMILES string of the molecule is C=C(CBr)c1ccc(-c2ccc(C)cc2)o1. The van der Waals surface area contributed by atoms with Crippen molar-refractivity contribution in [2.45, 2.75) is 6.92 Å². The Bertz CT molecular complexity index is 494. The second kappa shape index (κ2) is 4.71. The number of aryl methyl sites for hydroxylation is 1. The summed E-state index contributed by atoms with van der Waals surface area (Å²) in [6.07, 6.45) is 0. The molecule has 16 heavy (non-hydrogen) atoms. The summed E-state index contributed by atoms with van der Waals surface area (Å²) in [5.74, 6) is 1.73. The fourth-order valence-corrected chi connectivity index (χ4v) is 1.74. The third-order valence-electron chi connectivity index (χ3n) is 2.45. The number of benzene rings is 1. The van der Waals surface area contributed by atoms with Crippen LogP contribution in [0.3, 0.4) is 0 Å². The predicted molar refractivity (Wildman–Crippen MR) is 71.7 cm³/mol. The van der Waals surface area contributed by atoms with Crippen molar-refractivity contribution >= 4 is 21.5 Å². The van der Waals surface area contributed by atoms with Crippen molar-refractivity contribution in [2.75, 3.05) is 5.33 Å². The van der Waals surface area contributed by atoms with Gasteiger partial charge in [0.2, 0.25) is 0 Å². The van der Waals surface area contributed by atoms with Gasteiger partial charge in [-0.25, -0.2) is 0 Å². The lowest BCUT2D eigenvalue weighted by molar-refractivity contribution is 0.568. The summed E-state index contributed by atoms with van der Waals surface area (Å²) in [7, 11) is 0. The van der Waals surface area contributed by atoms with Crippen molar-refractivity contribution in [1.29, 1.82) is 0 Å². The van der Waals surface area contributed by atoms with E-state index in [2.05, 4.69) is 53.7 Å². The zero-order valence-electron chi connectivity index (χ0n) is 9.16. The lowest BCUT2D eigenvalue weighted by Gasteiger charge is -1.99. The van der Waals surface area contributed by atoms with Crippen LogP contribution >= 0.6 is 15.9 Å². The van der Waals surface area contributed by atoms with Gasteiger partial charge in [-0.3, -0.25) is 0 Å². The number of furan rings is 1. The first-order valence-corrected chi connectivity index (χ1v) is 6.24. The molecular formula is C14H13BrO. The molecule has 82 valence electrons. The van der Waals surface area contributed by atoms with Crippen molar-refractivity contribution < 1.29 is 4.42 Å². The van der Waals surface area contributed by atoms with Crippen LogP contribution in [-0.2, 0) is 0 Å². The topological polar surface area (TPSA) is 13.1 Å². The van der Waals surface area contributed by atoms with Crippen LogP contribution in [0.1, 0.15) is 11.3 Å². The number of alkyl halides is 1. The first-order chi connectivity index (χ1) is 7.70. The molecule has 0 atom stereocenters. The molecule has 0 bridgehead atoms. The van der Waals surface area contributed by atoms with E-state index in [4.69, 9.17) is 4.42 Å². The molecule has 0 aliphatic carbocycles. The van der Waals surface area contributed by atoms with Gasteiger partial charge in [0.05, 0.1) is 0 Å².